The van der Waals surface area contributed by atoms with Gasteiger partial charge in [0.05, 0.1) is 0 Å². The van der Waals surface area contributed by atoms with E-state index >= 15 is 0 Å². The summed E-state index contributed by atoms with van der Waals surface area (Å²) < 4.78 is 6.86. The number of carbonyl (C=O) groups excluding carboxylic acids is 1. The fraction of sp³-hybridized carbons (Fsp3) is 0.583. The molecule has 8 heteroatoms. The highest BCUT2D eigenvalue weighted by molar-refractivity contribution is 5.90. The molecule has 1 aromatic rings. The van der Waals surface area contributed by atoms with Crippen LogP contribution in [0.15, 0.2) is 15.8 Å². The summed E-state index contributed by atoms with van der Waals surface area (Å²) in [6.45, 7) is 3.29. The predicted octanol–water partition coefficient (Wildman–Crippen LogP) is -1.62. The minimum absolute atomic E-state index is 0.296. The molecule has 0 aromatic carbocycles. The number of aromatic nitrogens is 2. The average molecular weight is 281 g/mol. The van der Waals surface area contributed by atoms with Crippen LogP contribution >= 0.6 is 0 Å². The van der Waals surface area contributed by atoms with E-state index in [4.69, 9.17) is 4.74 Å². The van der Waals surface area contributed by atoms with E-state index in [0.717, 1.165) is 0 Å². The number of rotatable bonds is 2. The number of hydrogen-bond acceptors (Lipinski definition) is 5. The Morgan fingerprint density at radius 3 is 2.75 bits per heavy atom. The zero-order valence-corrected chi connectivity index (χ0v) is 11.0. The zero-order valence-electron chi connectivity index (χ0n) is 11.0. The third kappa shape index (κ3) is 1.46. The normalized spacial score (nSPS) is 35.4. The van der Waals surface area contributed by atoms with E-state index in [1.807, 2.05) is 0 Å². The fourth-order valence-corrected chi connectivity index (χ4v) is 2.87. The molecule has 3 heterocycles. The second-order valence-corrected chi connectivity index (χ2v) is 5.17. The van der Waals surface area contributed by atoms with Crippen LogP contribution in [-0.4, -0.2) is 38.3 Å². The lowest BCUT2D eigenvalue weighted by atomic mass is 9.96. The van der Waals surface area contributed by atoms with Crippen molar-refractivity contribution >= 4 is 5.91 Å². The number of aromatic amines is 1. The summed E-state index contributed by atoms with van der Waals surface area (Å²) in [6.07, 6.45) is -0.186. The standard InChI is InChI=1S/C12H15N3O5/c1-3-12-7(16)6(13-10(12)18)9(20-12)15-4-5(2)8(17)14-11(15)19/h4,6-7,9,16H,3H2,1-2H3,(H,13,18)(H,14,17,19)/t6?,7-,9-,12-/m1/s1. The number of aryl methyl sites for hydroxylation is 1. The molecule has 108 valence electrons. The molecule has 2 saturated heterocycles. The molecule has 1 amide bonds. The molecular formula is C12H15N3O5. The van der Waals surface area contributed by atoms with E-state index < -0.39 is 35.2 Å². The quantitative estimate of drug-likeness (QED) is 0.603. The van der Waals surface area contributed by atoms with Gasteiger partial charge in [-0.1, -0.05) is 6.92 Å². The molecule has 0 aliphatic carbocycles. The minimum atomic E-state index is -1.32. The Bertz CT molecular complexity index is 693. The van der Waals surface area contributed by atoms with Gasteiger partial charge in [0.15, 0.2) is 11.8 Å². The smallest absolute Gasteiger partial charge is 0.330 e. The number of H-pyrrole nitrogens is 1. The first-order chi connectivity index (χ1) is 9.40. The van der Waals surface area contributed by atoms with Crippen LogP contribution in [0.2, 0.25) is 0 Å². The maximum Gasteiger partial charge on any atom is 0.330 e. The number of nitrogens with one attached hydrogen (secondary N) is 2. The molecule has 2 bridgehead atoms. The van der Waals surface area contributed by atoms with Crippen LogP contribution in [0.1, 0.15) is 25.1 Å². The number of amides is 1. The van der Waals surface area contributed by atoms with Gasteiger partial charge >= 0.3 is 5.69 Å². The van der Waals surface area contributed by atoms with Crippen LogP contribution in [0.4, 0.5) is 0 Å². The predicted molar refractivity (Wildman–Crippen MR) is 67.1 cm³/mol. The van der Waals surface area contributed by atoms with Crippen LogP contribution in [0, 0.1) is 6.92 Å². The maximum absolute atomic E-state index is 11.9. The Labute approximate surface area is 113 Å². The average Bonchev–Trinajstić information content (AvgIpc) is 2.81. The third-order valence-electron chi connectivity index (χ3n) is 4.08. The van der Waals surface area contributed by atoms with Crippen molar-refractivity contribution < 1.29 is 14.6 Å². The van der Waals surface area contributed by atoms with E-state index in [2.05, 4.69) is 10.3 Å². The number of aliphatic hydroxyl groups is 1. The number of ether oxygens (including phenoxy) is 1. The molecule has 3 rings (SSSR count). The molecule has 2 aliphatic heterocycles. The Kier molecular flexibility index (Phi) is 2.63. The van der Waals surface area contributed by atoms with Crippen molar-refractivity contribution in [2.45, 2.75) is 44.2 Å². The number of fused-ring (bicyclic) bond motifs is 2. The van der Waals surface area contributed by atoms with Crippen LogP contribution in [-0.2, 0) is 9.53 Å². The van der Waals surface area contributed by atoms with E-state index in [0.29, 0.717) is 12.0 Å². The molecule has 1 aromatic heterocycles. The summed E-state index contributed by atoms with van der Waals surface area (Å²) in [4.78, 5) is 37.3. The summed E-state index contributed by atoms with van der Waals surface area (Å²) in [7, 11) is 0. The first-order valence-electron chi connectivity index (χ1n) is 6.39. The van der Waals surface area contributed by atoms with Gasteiger partial charge < -0.3 is 15.2 Å². The molecule has 2 fully saturated rings. The lowest BCUT2D eigenvalue weighted by Crippen LogP contribution is -2.50. The summed E-state index contributed by atoms with van der Waals surface area (Å²) in [6, 6.07) is -0.703. The molecule has 2 aliphatic rings. The van der Waals surface area contributed by atoms with Crippen LogP contribution < -0.4 is 16.6 Å². The van der Waals surface area contributed by atoms with Gasteiger partial charge in [0.25, 0.3) is 11.5 Å². The van der Waals surface area contributed by atoms with Gasteiger partial charge in [0, 0.05) is 11.8 Å². The number of hydrogen-bond donors (Lipinski definition) is 3. The van der Waals surface area contributed by atoms with Crippen molar-refractivity contribution in [2.24, 2.45) is 0 Å². The Morgan fingerprint density at radius 2 is 2.15 bits per heavy atom. The van der Waals surface area contributed by atoms with Crippen LogP contribution in [0.5, 0.6) is 0 Å². The first kappa shape index (κ1) is 13.1. The molecule has 1 unspecified atom stereocenters. The molecule has 3 N–H and O–H groups in total. The molecule has 0 radical (unpaired) electrons. The summed E-state index contributed by atoms with van der Waals surface area (Å²) in [5, 5.41) is 12.8. The highest BCUT2D eigenvalue weighted by Crippen LogP contribution is 2.43. The second kappa shape index (κ2) is 4.03. The van der Waals surface area contributed by atoms with Crippen molar-refractivity contribution in [3.63, 3.8) is 0 Å². The van der Waals surface area contributed by atoms with Gasteiger partial charge in [-0.25, -0.2) is 4.79 Å². The Morgan fingerprint density at radius 1 is 1.45 bits per heavy atom. The molecular weight excluding hydrogens is 266 g/mol. The highest BCUT2D eigenvalue weighted by Gasteiger charge is 2.65. The first-order valence-corrected chi connectivity index (χ1v) is 6.39. The lowest BCUT2D eigenvalue weighted by molar-refractivity contribution is -0.162. The van der Waals surface area contributed by atoms with Gasteiger partial charge in [-0.3, -0.25) is 19.1 Å². The SMILES string of the molecule is CC[C@]12O[C@@H](n3cc(C)c(=O)[nH]c3=O)C(NC1=O)[C@H]2O. The summed E-state index contributed by atoms with van der Waals surface area (Å²) in [5.41, 5.74) is -2.07. The highest BCUT2D eigenvalue weighted by atomic mass is 16.6. The van der Waals surface area contributed by atoms with Crippen molar-refractivity contribution in [3.05, 3.63) is 32.6 Å². The fourth-order valence-electron chi connectivity index (χ4n) is 2.87. The minimum Gasteiger partial charge on any atom is -0.387 e. The van der Waals surface area contributed by atoms with Crippen LogP contribution in [0.25, 0.3) is 0 Å². The van der Waals surface area contributed by atoms with Gasteiger partial charge in [-0.15, -0.1) is 0 Å². The Balaban J connectivity index is 2.07. The second-order valence-electron chi connectivity index (χ2n) is 5.17. The summed E-state index contributed by atoms with van der Waals surface area (Å²) in [5.74, 6) is -0.372. The topological polar surface area (TPSA) is 113 Å². The van der Waals surface area contributed by atoms with Gasteiger partial charge in [-0.05, 0) is 13.3 Å². The van der Waals surface area contributed by atoms with Crippen molar-refractivity contribution in [1.29, 1.82) is 0 Å². The zero-order chi connectivity index (χ0) is 14.7. The lowest BCUT2D eigenvalue weighted by Gasteiger charge is -2.29. The molecule has 0 spiro atoms. The largest absolute Gasteiger partial charge is 0.387 e. The van der Waals surface area contributed by atoms with E-state index in [1.165, 1.54) is 10.8 Å². The van der Waals surface area contributed by atoms with Crippen molar-refractivity contribution in [3.8, 4) is 0 Å². The van der Waals surface area contributed by atoms with Crippen molar-refractivity contribution in [2.75, 3.05) is 0 Å². The van der Waals surface area contributed by atoms with Crippen molar-refractivity contribution in [1.82, 2.24) is 14.9 Å². The van der Waals surface area contributed by atoms with E-state index in [1.54, 1.807) is 13.8 Å². The maximum atomic E-state index is 11.9. The summed E-state index contributed by atoms with van der Waals surface area (Å²) >= 11 is 0. The monoisotopic (exact) mass is 281 g/mol. The van der Waals surface area contributed by atoms with Gasteiger partial charge in [-0.2, -0.15) is 0 Å². The molecule has 8 nitrogen and oxygen atoms in total. The van der Waals surface area contributed by atoms with Gasteiger partial charge in [0.1, 0.15) is 12.1 Å². The molecule has 4 atom stereocenters. The van der Waals surface area contributed by atoms with Gasteiger partial charge in [0.2, 0.25) is 0 Å². The number of nitrogens with zero attached hydrogens (tertiary/aromatic N) is 1. The number of aliphatic hydroxyl groups excluding tert-OH is 1. The van der Waals surface area contributed by atoms with E-state index in [9.17, 15) is 19.5 Å². The molecule has 0 saturated carbocycles. The third-order valence-corrected chi connectivity index (χ3v) is 4.08. The number of morpholine rings is 1. The Hall–Kier alpha value is -1.93. The van der Waals surface area contributed by atoms with E-state index in [-0.39, 0.29) is 5.91 Å². The molecule has 20 heavy (non-hydrogen) atoms. The van der Waals surface area contributed by atoms with Crippen LogP contribution in [0.3, 0.4) is 0 Å². The number of carbonyl (C=O) groups is 1.